The van der Waals surface area contributed by atoms with E-state index in [1.54, 1.807) is 0 Å². The Morgan fingerprint density at radius 3 is 2.20 bits per heavy atom. The molecule has 0 aromatic carbocycles. The molecule has 0 spiro atoms. The summed E-state index contributed by atoms with van der Waals surface area (Å²) in [5.74, 6) is 0. The molecule has 4 N–H and O–H groups in total. The van der Waals surface area contributed by atoms with Crippen LogP contribution in [-0.4, -0.2) is 19.4 Å². The van der Waals surface area contributed by atoms with E-state index in [0.29, 0.717) is 13.2 Å². The highest BCUT2D eigenvalue weighted by Crippen LogP contribution is 1.85. The van der Waals surface area contributed by atoms with Gasteiger partial charge in [0.15, 0.2) is 0 Å². The lowest BCUT2D eigenvalue weighted by Crippen LogP contribution is -2.26. The third-order valence-electron chi connectivity index (χ3n) is 0.832. The molecule has 0 aliphatic carbocycles. The summed E-state index contributed by atoms with van der Waals surface area (Å²) in [6.07, 6.45) is 0.582. The van der Waals surface area contributed by atoms with Crippen LogP contribution in [0.1, 0.15) is 13.3 Å². The number of hydrogen-bond donors (Lipinski definition) is 2. The van der Waals surface area contributed by atoms with Crippen LogP contribution < -0.4 is 11.5 Å². The van der Waals surface area contributed by atoms with E-state index in [1.807, 2.05) is 6.92 Å². The van der Waals surface area contributed by atoms with E-state index in [9.17, 15) is 0 Å². The second-order valence-corrected chi connectivity index (χ2v) is 1.57. The molecule has 1 atom stereocenters. The highest BCUT2D eigenvalue weighted by atomic mass is 35.5. The van der Waals surface area contributed by atoms with Crippen molar-refractivity contribution >= 4 is 24.8 Å². The van der Waals surface area contributed by atoms with Crippen molar-refractivity contribution in [2.75, 3.05) is 13.2 Å². The topological polar surface area (TPSA) is 61.3 Å². The minimum Gasteiger partial charge on any atom is -0.364 e. The molecule has 0 aliphatic rings. The van der Waals surface area contributed by atoms with E-state index in [0.717, 1.165) is 6.42 Å². The lowest BCUT2D eigenvalue weighted by Gasteiger charge is -2.08. The molecular weight excluding hydrogens is 175 g/mol. The molecule has 1 unspecified atom stereocenters. The fourth-order valence-corrected chi connectivity index (χ4v) is 0.462. The predicted octanol–water partition coefficient (Wildman–Crippen LogP) is 0.500. The molecule has 0 bridgehead atoms. The molecule has 0 aromatic heterocycles. The fraction of sp³-hybridized carbons (Fsp3) is 1.00. The van der Waals surface area contributed by atoms with Crippen LogP contribution >= 0.6 is 24.8 Å². The zero-order chi connectivity index (χ0) is 6.41. The van der Waals surface area contributed by atoms with Gasteiger partial charge in [0.1, 0.15) is 6.23 Å². The summed E-state index contributed by atoms with van der Waals surface area (Å²) < 4.78 is 4.98. The van der Waals surface area contributed by atoms with Gasteiger partial charge in [0, 0.05) is 6.61 Å². The molecule has 0 radical (unpaired) electrons. The van der Waals surface area contributed by atoms with E-state index in [1.165, 1.54) is 0 Å². The third-order valence-corrected chi connectivity index (χ3v) is 0.832. The van der Waals surface area contributed by atoms with Crippen molar-refractivity contribution in [1.29, 1.82) is 0 Å². The van der Waals surface area contributed by atoms with Crippen LogP contribution in [0, 0.1) is 0 Å². The molecule has 0 aliphatic heterocycles. The molecule has 10 heavy (non-hydrogen) atoms. The van der Waals surface area contributed by atoms with E-state index >= 15 is 0 Å². The quantitative estimate of drug-likeness (QED) is 0.636. The van der Waals surface area contributed by atoms with Gasteiger partial charge in [0.2, 0.25) is 0 Å². The molecule has 0 saturated carbocycles. The number of halogens is 2. The number of rotatable bonds is 4. The standard InChI is InChI=1S/C5H14N2O.2ClH/c1-2-8-5(7)3-4-6;;/h5H,2-4,6-7H2,1H3;2*1H. The Kier molecular flexibility index (Phi) is 20.5. The van der Waals surface area contributed by atoms with Crippen LogP contribution in [0.5, 0.6) is 0 Å². The zero-order valence-electron chi connectivity index (χ0n) is 6.08. The van der Waals surface area contributed by atoms with Crippen molar-refractivity contribution < 1.29 is 4.74 Å². The first-order valence-electron chi connectivity index (χ1n) is 2.88. The van der Waals surface area contributed by atoms with Gasteiger partial charge in [0.05, 0.1) is 0 Å². The molecule has 0 heterocycles. The molecule has 66 valence electrons. The molecule has 0 rings (SSSR count). The van der Waals surface area contributed by atoms with Crippen molar-refractivity contribution in [3.8, 4) is 0 Å². The molecule has 3 nitrogen and oxygen atoms in total. The molecule has 0 saturated heterocycles. The maximum Gasteiger partial charge on any atom is 0.106 e. The average molecular weight is 191 g/mol. The van der Waals surface area contributed by atoms with Gasteiger partial charge in [-0.05, 0) is 19.9 Å². The smallest absolute Gasteiger partial charge is 0.106 e. The Morgan fingerprint density at radius 2 is 1.90 bits per heavy atom. The normalized spacial score (nSPS) is 11.1. The van der Waals surface area contributed by atoms with E-state index in [4.69, 9.17) is 16.2 Å². The highest BCUT2D eigenvalue weighted by Gasteiger charge is 1.95. The van der Waals surface area contributed by atoms with Crippen molar-refractivity contribution in [3.63, 3.8) is 0 Å². The van der Waals surface area contributed by atoms with Crippen molar-refractivity contribution in [3.05, 3.63) is 0 Å². The van der Waals surface area contributed by atoms with Crippen LogP contribution in [0.4, 0.5) is 0 Å². The predicted molar refractivity (Wildman–Crippen MR) is 47.8 cm³/mol. The minimum absolute atomic E-state index is 0. The summed E-state index contributed by atoms with van der Waals surface area (Å²) in [6.45, 7) is 3.18. The SMILES string of the molecule is CCOC(N)CCN.Cl.Cl. The minimum atomic E-state index is -0.162. The van der Waals surface area contributed by atoms with Crippen LogP contribution in [-0.2, 0) is 4.74 Å². The van der Waals surface area contributed by atoms with Gasteiger partial charge in [-0.15, -0.1) is 24.8 Å². The second kappa shape index (κ2) is 12.2. The van der Waals surface area contributed by atoms with Crippen molar-refractivity contribution in [2.24, 2.45) is 11.5 Å². The molecule has 0 amide bonds. The second-order valence-electron chi connectivity index (χ2n) is 1.57. The Morgan fingerprint density at radius 1 is 1.40 bits per heavy atom. The van der Waals surface area contributed by atoms with Gasteiger partial charge < -0.3 is 16.2 Å². The van der Waals surface area contributed by atoms with Crippen LogP contribution in [0.2, 0.25) is 0 Å². The maximum absolute atomic E-state index is 5.39. The third kappa shape index (κ3) is 11.3. The Bertz CT molecular complexity index is 50.9. The number of ether oxygens (including phenoxy) is 1. The summed E-state index contributed by atoms with van der Waals surface area (Å²) in [7, 11) is 0. The van der Waals surface area contributed by atoms with Crippen LogP contribution in [0.3, 0.4) is 0 Å². The van der Waals surface area contributed by atoms with Gasteiger partial charge in [-0.1, -0.05) is 0 Å². The van der Waals surface area contributed by atoms with Gasteiger partial charge in [-0.25, -0.2) is 0 Å². The Hall–Kier alpha value is 0.460. The van der Waals surface area contributed by atoms with Gasteiger partial charge in [0.25, 0.3) is 0 Å². The summed E-state index contributed by atoms with van der Waals surface area (Å²) in [5.41, 5.74) is 10.6. The fourth-order valence-electron chi connectivity index (χ4n) is 0.462. The lowest BCUT2D eigenvalue weighted by atomic mass is 10.4. The van der Waals surface area contributed by atoms with Gasteiger partial charge in [-0.2, -0.15) is 0 Å². The van der Waals surface area contributed by atoms with Crippen LogP contribution in [0.25, 0.3) is 0 Å². The highest BCUT2D eigenvalue weighted by molar-refractivity contribution is 5.85. The monoisotopic (exact) mass is 190 g/mol. The molecule has 0 fully saturated rings. The summed E-state index contributed by atoms with van der Waals surface area (Å²) in [5, 5.41) is 0. The summed E-state index contributed by atoms with van der Waals surface area (Å²) >= 11 is 0. The molecule has 5 heteroatoms. The molecular formula is C5H16Cl2N2O. The zero-order valence-corrected chi connectivity index (χ0v) is 7.71. The first-order chi connectivity index (χ1) is 3.81. The van der Waals surface area contributed by atoms with Crippen LogP contribution in [0.15, 0.2) is 0 Å². The van der Waals surface area contributed by atoms with Gasteiger partial charge >= 0.3 is 0 Å². The number of hydrogen-bond acceptors (Lipinski definition) is 3. The summed E-state index contributed by atoms with van der Waals surface area (Å²) in [6, 6.07) is 0. The molecule has 0 aromatic rings. The van der Waals surface area contributed by atoms with E-state index in [-0.39, 0.29) is 31.0 Å². The first kappa shape index (κ1) is 16.8. The Labute approximate surface area is 74.3 Å². The number of nitrogens with two attached hydrogens (primary N) is 2. The maximum atomic E-state index is 5.39. The van der Waals surface area contributed by atoms with Crippen molar-refractivity contribution in [1.82, 2.24) is 0 Å². The summed E-state index contributed by atoms with van der Waals surface area (Å²) in [4.78, 5) is 0. The largest absolute Gasteiger partial charge is 0.364 e. The van der Waals surface area contributed by atoms with E-state index in [2.05, 4.69) is 0 Å². The van der Waals surface area contributed by atoms with Gasteiger partial charge in [-0.3, -0.25) is 0 Å². The lowest BCUT2D eigenvalue weighted by molar-refractivity contribution is 0.0634. The first-order valence-corrected chi connectivity index (χ1v) is 2.88. The average Bonchev–Trinajstić information content (AvgIpc) is 1.68. The van der Waals surface area contributed by atoms with Crippen molar-refractivity contribution in [2.45, 2.75) is 19.6 Å². The van der Waals surface area contributed by atoms with E-state index < -0.39 is 0 Å². The Balaban J connectivity index is -0.000000245.